The second-order valence-electron chi connectivity index (χ2n) is 7.70. The van der Waals surface area contributed by atoms with Crippen LogP contribution < -0.4 is 20.9 Å². The number of hydrogen-bond acceptors (Lipinski definition) is 6. The Morgan fingerprint density at radius 2 is 1.62 bits per heavy atom. The first kappa shape index (κ1) is 24.5. The number of anilines is 2. The molecule has 0 aliphatic carbocycles. The van der Waals surface area contributed by atoms with Gasteiger partial charge in [-0.15, -0.1) is 0 Å². The molecule has 0 aliphatic rings. The molecule has 0 fully saturated rings. The number of benzene rings is 3. The Morgan fingerprint density at radius 3 is 2.32 bits per heavy atom. The number of allylic oxidation sites excluding steroid dienone is 1. The lowest BCUT2D eigenvalue weighted by Crippen LogP contribution is -2.09. The minimum atomic E-state index is -0.376. The molecular weight excluding hydrogens is 435 g/mol. The number of nitrogen functional groups attached to an aromatic ring is 2. The third-order valence-corrected chi connectivity index (χ3v) is 4.99. The number of nitrogens with two attached hydrogens (primary N) is 2. The van der Waals surface area contributed by atoms with Crippen molar-refractivity contribution < 1.29 is 23.5 Å². The molecule has 176 valence electrons. The van der Waals surface area contributed by atoms with E-state index in [4.69, 9.17) is 20.9 Å². The fraction of sp³-hybridized carbons (Fsp3) is 0.185. The van der Waals surface area contributed by atoms with E-state index >= 15 is 0 Å². The Labute approximate surface area is 198 Å². The summed E-state index contributed by atoms with van der Waals surface area (Å²) in [5.41, 5.74) is 13.5. The normalized spacial score (nSPS) is 10.9. The first-order chi connectivity index (χ1) is 16.4. The highest BCUT2D eigenvalue weighted by Crippen LogP contribution is 2.24. The molecule has 3 aromatic rings. The van der Waals surface area contributed by atoms with Gasteiger partial charge in [0.25, 0.3) is 0 Å². The average molecular weight is 463 g/mol. The lowest BCUT2D eigenvalue weighted by molar-refractivity contribution is -0.134. The molecule has 34 heavy (non-hydrogen) atoms. The zero-order valence-corrected chi connectivity index (χ0v) is 18.7. The van der Waals surface area contributed by atoms with Gasteiger partial charge in [-0.3, -0.25) is 9.59 Å². The molecule has 3 aromatic carbocycles. The molecule has 0 amide bonds. The molecule has 0 heterocycles. The predicted octanol–water partition coefficient (Wildman–Crippen LogP) is 5.43. The van der Waals surface area contributed by atoms with E-state index in [1.54, 1.807) is 24.3 Å². The largest absolute Gasteiger partial charge is 0.494 e. The van der Waals surface area contributed by atoms with Crippen LogP contribution in [0.5, 0.6) is 11.5 Å². The maximum Gasteiger partial charge on any atom is 0.311 e. The summed E-state index contributed by atoms with van der Waals surface area (Å²) in [6.45, 7) is 0.526. The smallest absolute Gasteiger partial charge is 0.311 e. The number of hydrogen-bond donors (Lipinski definition) is 2. The second kappa shape index (κ2) is 12.2. The molecule has 0 spiro atoms. The third kappa shape index (κ3) is 7.78. The summed E-state index contributed by atoms with van der Waals surface area (Å²) in [5.74, 6) is 0.138. The quantitative estimate of drug-likeness (QED) is 0.0983. The van der Waals surface area contributed by atoms with Crippen LogP contribution in [0.3, 0.4) is 0 Å². The van der Waals surface area contributed by atoms with E-state index in [-0.39, 0.29) is 17.6 Å². The van der Waals surface area contributed by atoms with Gasteiger partial charge in [-0.25, -0.2) is 4.39 Å². The van der Waals surface area contributed by atoms with Crippen LogP contribution in [-0.4, -0.2) is 18.4 Å². The zero-order valence-electron chi connectivity index (χ0n) is 18.7. The van der Waals surface area contributed by atoms with Crippen LogP contribution in [-0.2, 0) is 4.79 Å². The van der Waals surface area contributed by atoms with Crippen molar-refractivity contribution in [2.45, 2.75) is 25.7 Å². The van der Waals surface area contributed by atoms with Crippen LogP contribution in [0.1, 0.15) is 41.6 Å². The minimum absolute atomic E-state index is 0.193. The summed E-state index contributed by atoms with van der Waals surface area (Å²) in [5, 5.41) is 0. The van der Waals surface area contributed by atoms with Gasteiger partial charge in [0.2, 0.25) is 0 Å². The van der Waals surface area contributed by atoms with E-state index in [1.807, 2.05) is 24.3 Å². The van der Waals surface area contributed by atoms with Crippen molar-refractivity contribution in [1.29, 1.82) is 0 Å². The number of halogens is 1. The molecule has 0 atom stereocenters. The Hall–Kier alpha value is -4.13. The standard InChI is InChI=1S/C27H27FN2O4/c28-21-10-8-20(9-11-21)25(31)15-7-19-5-13-23(14-6-19)33-17-3-1-2-4-27(32)34-26-16-12-22(29)18-24(26)30/h5-16,18H,1-4,17,29-30H2. The van der Waals surface area contributed by atoms with Crippen LogP contribution in [0.25, 0.3) is 6.08 Å². The monoisotopic (exact) mass is 462 g/mol. The third-order valence-electron chi connectivity index (χ3n) is 4.99. The number of carbonyl (C=O) groups is 2. The van der Waals surface area contributed by atoms with Gasteiger partial charge < -0.3 is 20.9 Å². The van der Waals surface area contributed by atoms with E-state index in [0.717, 1.165) is 24.2 Å². The van der Waals surface area contributed by atoms with Crippen LogP contribution in [0.2, 0.25) is 0 Å². The molecule has 0 saturated carbocycles. The zero-order chi connectivity index (χ0) is 24.3. The first-order valence-corrected chi connectivity index (χ1v) is 11.0. The number of ketones is 1. The summed E-state index contributed by atoms with van der Waals surface area (Å²) in [4.78, 5) is 24.1. The summed E-state index contributed by atoms with van der Waals surface area (Å²) < 4.78 is 23.9. The predicted molar refractivity (Wildman–Crippen MR) is 131 cm³/mol. The number of esters is 1. The molecule has 0 aliphatic heterocycles. The van der Waals surface area contributed by atoms with Gasteiger partial charge in [-0.1, -0.05) is 18.2 Å². The summed E-state index contributed by atoms with van der Waals surface area (Å²) in [7, 11) is 0. The maximum absolute atomic E-state index is 12.9. The molecule has 6 nitrogen and oxygen atoms in total. The number of carbonyl (C=O) groups excluding carboxylic acids is 2. The highest BCUT2D eigenvalue weighted by atomic mass is 19.1. The topological polar surface area (TPSA) is 105 Å². The van der Waals surface area contributed by atoms with E-state index < -0.39 is 0 Å². The molecule has 0 saturated heterocycles. The Bertz CT molecular complexity index is 1140. The Balaban J connectivity index is 1.32. The molecule has 0 unspecified atom stereocenters. The van der Waals surface area contributed by atoms with Gasteiger partial charge in [0.15, 0.2) is 11.5 Å². The maximum atomic E-state index is 12.9. The van der Waals surface area contributed by atoms with Crippen molar-refractivity contribution in [3.63, 3.8) is 0 Å². The highest BCUT2D eigenvalue weighted by molar-refractivity contribution is 6.06. The molecule has 3 rings (SSSR count). The van der Waals surface area contributed by atoms with Crippen molar-refractivity contribution in [2.24, 2.45) is 0 Å². The molecule has 0 aromatic heterocycles. The molecular formula is C27H27FN2O4. The van der Waals surface area contributed by atoms with Gasteiger partial charge in [-0.2, -0.15) is 0 Å². The van der Waals surface area contributed by atoms with Gasteiger partial charge in [0.05, 0.1) is 12.3 Å². The summed E-state index contributed by atoms with van der Waals surface area (Å²) >= 11 is 0. The first-order valence-electron chi connectivity index (χ1n) is 11.0. The molecule has 7 heteroatoms. The van der Waals surface area contributed by atoms with Gasteiger partial charge >= 0.3 is 5.97 Å². The number of ether oxygens (including phenoxy) is 2. The number of unbranched alkanes of at least 4 members (excludes halogenated alkanes) is 2. The summed E-state index contributed by atoms with van der Waals surface area (Å²) in [6.07, 6.45) is 5.75. The molecule has 0 radical (unpaired) electrons. The van der Waals surface area contributed by atoms with E-state index in [2.05, 4.69) is 0 Å². The van der Waals surface area contributed by atoms with Crippen molar-refractivity contribution in [3.8, 4) is 11.5 Å². The van der Waals surface area contributed by atoms with E-state index in [9.17, 15) is 14.0 Å². The van der Waals surface area contributed by atoms with Gasteiger partial charge in [0.1, 0.15) is 11.6 Å². The van der Waals surface area contributed by atoms with Crippen LogP contribution in [0.4, 0.5) is 15.8 Å². The van der Waals surface area contributed by atoms with Crippen molar-refractivity contribution >= 4 is 29.2 Å². The van der Waals surface area contributed by atoms with Crippen molar-refractivity contribution in [3.05, 3.63) is 89.8 Å². The lowest BCUT2D eigenvalue weighted by Gasteiger charge is -2.08. The molecule has 0 bridgehead atoms. The van der Waals surface area contributed by atoms with E-state index in [0.29, 0.717) is 42.1 Å². The van der Waals surface area contributed by atoms with Gasteiger partial charge in [-0.05, 0) is 85.5 Å². The lowest BCUT2D eigenvalue weighted by atomic mass is 10.1. The number of rotatable bonds is 11. The summed E-state index contributed by atoms with van der Waals surface area (Å²) in [6, 6.07) is 17.6. The van der Waals surface area contributed by atoms with Crippen molar-refractivity contribution in [1.82, 2.24) is 0 Å². The average Bonchev–Trinajstić information content (AvgIpc) is 2.83. The molecule has 4 N–H and O–H groups in total. The van der Waals surface area contributed by atoms with Crippen molar-refractivity contribution in [2.75, 3.05) is 18.1 Å². The highest BCUT2D eigenvalue weighted by Gasteiger charge is 2.08. The van der Waals surface area contributed by atoms with Gasteiger partial charge in [0, 0.05) is 17.7 Å². The SMILES string of the molecule is Nc1ccc(OC(=O)CCCCCOc2ccc(C=CC(=O)c3ccc(F)cc3)cc2)c(N)c1. The minimum Gasteiger partial charge on any atom is -0.494 e. The Kier molecular flexibility index (Phi) is 8.80. The fourth-order valence-electron chi connectivity index (χ4n) is 3.13. The van der Waals surface area contributed by atoms with E-state index in [1.165, 1.54) is 30.3 Å². The Morgan fingerprint density at radius 1 is 0.882 bits per heavy atom. The van der Waals surface area contributed by atoms with Crippen LogP contribution >= 0.6 is 0 Å². The second-order valence-corrected chi connectivity index (χ2v) is 7.70. The van der Waals surface area contributed by atoms with Crippen LogP contribution in [0.15, 0.2) is 72.8 Å². The van der Waals surface area contributed by atoms with Crippen LogP contribution in [0, 0.1) is 5.82 Å². The fourth-order valence-corrected chi connectivity index (χ4v) is 3.13.